The highest BCUT2D eigenvalue weighted by atomic mass is 32.1. The number of aryl methyl sites for hydroxylation is 1. The predicted octanol–water partition coefficient (Wildman–Crippen LogP) is 3.88. The van der Waals surface area contributed by atoms with E-state index in [4.69, 9.17) is 0 Å². The monoisotopic (exact) mass is 437 g/mol. The van der Waals surface area contributed by atoms with Crippen LogP contribution in [0.2, 0.25) is 0 Å². The van der Waals surface area contributed by atoms with Crippen molar-refractivity contribution in [3.05, 3.63) is 57.8 Å². The topological polar surface area (TPSA) is 78.5 Å². The number of hydrogen-bond donors (Lipinski definition) is 2. The summed E-state index contributed by atoms with van der Waals surface area (Å²) < 4.78 is 0. The number of imide groups is 1. The van der Waals surface area contributed by atoms with Gasteiger partial charge in [0.2, 0.25) is 5.91 Å². The molecule has 5 rings (SSSR count). The normalized spacial score (nSPS) is 24.3. The van der Waals surface area contributed by atoms with Gasteiger partial charge in [0, 0.05) is 10.4 Å². The summed E-state index contributed by atoms with van der Waals surface area (Å²) in [5.74, 6) is -0.209. The number of hydrogen-bond acceptors (Lipinski definition) is 4. The number of nitrogens with zero attached hydrogens (tertiary/aromatic N) is 1. The number of nitrogens with one attached hydrogen (secondary N) is 2. The van der Waals surface area contributed by atoms with Crippen LogP contribution in [0, 0.1) is 5.92 Å². The first kappa shape index (κ1) is 20.2. The zero-order valence-corrected chi connectivity index (χ0v) is 18.2. The number of carbonyl (C=O) groups excluding carboxylic acids is 3. The van der Waals surface area contributed by atoms with Crippen molar-refractivity contribution in [3.63, 3.8) is 0 Å². The molecule has 1 aromatic carbocycles. The number of amides is 4. The largest absolute Gasteiger partial charge is 0.347 e. The second-order valence-electron chi connectivity index (χ2n) is 8.84. The van der Waals surface area contributed by atoms with Crippen LogP contribution in [-0.2, 0) is 21.5 Å². The van der Waals surface area contributed by atoms with E-state index in [0.717, 1.165) is 46.6 Å². The second-order valence-corrected chi connectivity index (χ2v) is 9.84. The summed E-state index contributed by atoms with van der Waals surface area (Å²) >= 11 is 1.62. The molecule has 2 fully saturated rings. The van der Waals surface area contributed by atoms with Crippen LogP contribution in [-0.4, -0.2) is 29.3 Å². The molecule has 1 aromatic heterocycles. The van der Waals surface area contributed by atoms with Crippen LogP contribution < -0.4 is 10.6 Å². The fraction of sp³-hybridized carbons (Fsp3) is 0.458. The van der Waals surface area contributed by atoms with Crippen LogP contribution in [0.4, 0.5) is 4.79 Å². The Kier molecular flexibility index (Phi) is 5.30. The number of urea groups is 1. The first-order valence-electron chi connectivity index (χ1n) is 11.1. The lowest BCUT2D eigenvalue weighted by Gasteiger charge is -2.31. The van der Waals surface area contributed by atoms with Crippen LogP contribution in [0.25, 0.3) is 0 Å². The highest BCUT2D eigenvalue weighted by Crippen LogP contribution is 2.42. The van der Waals surface area contributed by atoms with Gasteiger partial charge in [0.15, 0.2) is 0 Å². The van der Waals surface area contributed by atoms with Gasteiger partial charge in [-0.3, -0.25) is 14.5 Å². The molecule has 1 aliphatic heterocycles. The lowest BCUT2D eigenvalue weighted by atomic mass is 9.80. The van der Waals surface area contributed by atoms with Crippen molar-refractivity contribution in [2.45, 2.75) is 56.5 Å². The van der Waals surface area contributed by atoms with Crippen molar-refractivity contribution in [1.82, 2.24) is 15.5 Å². The van der Waals surface area contributed by atoms with E-state index in [1.165, 1.54) is 12.8 Å². The van der Waals surface area contributed by atoms with E-state index in [9.17, 15) is 14.4 Å². The Labute approximate surface area is 186 Å². The maximum Gasteiger partial charge on any atom is 0.325 e. The number of benzene rings is 1. The Hall–Kier alpha value is -2.67. The van der Waals surface area contributed by atoms with Gasteiger partial charge in [0.25, 0.3) is 5.91 Å². The minimum absolute atomic E-state index is 0.0934. The molecule has 2 N–H and O–H groups in total. The third-order valence-corrected chi connectivity index (χ3v) is 7.97. The van der Waals surface area contributed by atoms with Gasteiger partial charge in [-0.1, -0.05) is 43.2 Å². The number of rotatable bonds is 5. The van der Waals surface area contributed by atoms with E-state index >= 15 is 0 Å². The van der Waals surface area contributed by atoms with Gasteiger partial charge in [-0.2, -0.15) is 0 Å². The van der Waals surface area contributed by atoms with Gasteiger partial charge >= 0.3 is 6.03 Å². The van der Waals surface area contributed by atoms with E-state index in [1.54, 1.807) is 11.3 Å². The Morgan fingerprint density at radius 3 is 2.71 bits per heavy atom. The van der Waals surface area contributed by atoms with Crippen molar-refractivity contribution in [2.24, 2.45) is 5.92 Å². The van der Waals surface area contributed by atoms with Crippen LogP contribution >= 0.6 is 11.3 Å². The van der Waals surface area contributed by atoms with Crippen LogP contribution in [0.15, 0.2) is 41.8 Å². The van der Waals surface area contributed by atoms with Gasteiger partial charge in [0.05, 0.1) is 6.04 Å². The number of carbonyl (C=O) groups is 3. The van der Waals surface area contributed by atoms with E-state index < -0.39 is 11.6 Å². The highest BCUT2D eigenvalue weighted by molar-refractivity contribution is 7.10. The standard InChI is InChI=1S/C24H27N3O3S/c28-20(25-21(17-9-4-5-10-17)16-7-2-1-3-8-16)15-27-22(29)24(26-23(27)30)13-6-11-19-18(24)12-14-31-19/h1-3,7-8,12,14,17,21H,4-6,9-11,13,15H2,(H,25,28)(H,26,30). The Morgan fingerprint density at radius 2 is 1.94 bits per heavy atom. The number of thiophene rings is 1. The molecule has 4 amide bonds. The summed E-state index contributed by atoms with van der Waals surface area (Å²) in [6.45, 7) is -0.248. The lowest BCUT2D eigenvalue weighted by Crippen LogP contribution is -2.47. The molecule has 1 saturated carbocycles. The average molecular weight is 438 g/mol. The van der Waals surface area contributed by atoms with Crippen molar-refractivity contribution in [2.75, 3.05) is 6.54 Å². The fourth-order valence-electron chi connectivity index (χ4n) is 5.47. The van der Waals surface area contributed by atoms with Crippen LogP contribution in [0.5, 0.6) is 0 Å². The summed E-state index contributed by atoms with van der Waals surface area (Å²) in [6.07, 6.45) is 6.84. The molecular weight excluding hydrogens is 410 g/mol. The smallest absolute Gasteiger partial charge is 0.325 e. The van der Waals surface area contributed by atoms with Crippen molar-refractivity contribution in [3.8, 4) is 0 Å². The average Bonchev–Trinajstić information content (AvgIpc) is 3.52. The molecule has 2 unspecified atom stereocenters. The molecule has 162 valence electrons. The predicted molar refractivity (Wildman–Crippen MR) is 118 cm³/mol. The third-order valence-electron chi connectivity index (χ3n) is 6.98. The SMILES string of the molecule is O=C(CN1C(=O)NC2(CCCc3sccc32)C1=O)NC(c1ccccc1)C1CCCC1. The maximum atomic E-state index is 13.4. The molecule has 6 nitrogen and oxygen atoms in total. The molecule has 0 radical (unpaired) electrons. The minimum atomic E-state index is -1.00. The molecular formula is C24H27N3O3S. The molecule has 0 bridgehead atoms. The molecule has 2 atom stereocenters. The van der Waals surface area contributed by atoms with Crippen molar-refractivity contribution >= 4 is 29.2 Å². The lowest BCUT2D eigenvalue weighted by molar-refractivity contribution is -0.136. The molecule has 2 aliphatic carbocycles. The molecule has 1 spiro atoms. The summed E-state index contributed by atoms with van der Waals surface area (Å²) in [7, 11) is 0. The summed E-state index contributed by atoms with van der Waals surface area (Å²) in [6, 6.07) is 11.4. The van der Waals surface area contributed by atoms with Crippen LogP contribution in [0.3, 0.4) is 0 Å². The first-order chi connectivity index (χ1) is 15.1. The van der Waals surface area contributed by atoms with Crippen molar-refractivity contribution < 1.29 is 14.4 Å². The molecule has 31 heavy (non-hydrogen) atoms. The van der Waals surface area contributed by atoms with E-state index in [2.05, 4.69) is 10.6 Å². The van der Waals surface area contributed by atoms with Crippen molar-refractivity contribution in [1.29, 1.82) is 0 Å². The molecule has 7 heteroatoms. The maximum absolute atomic E-state index is 13.4. The first-order valence-corrected chi connectivity index (χ1v) is 12.0. The Morgan fingerprint density at radius 1 is 1.16 bits per heavy atom. The quantitative estimate of drug-likeness (QED) is 0.697. The summed E-state index contributed by atoms with van der Waals surface area (Å²) in [5.41, 5.74) is 0.972. The zero-order valence-electron chi connectivity index (χ0n) is 17.4. The summed E-state index contributed by atoms with van der Waals surface area (Å²) in [5, 5.41) is 8.03. The second kappa shape index (κ2) is 8.11. The fourth-order valence-corrected chi connectivity index (χ4v) is 6.47. The Bertz CT molecular complexity index is 999. The van der Waals surface area contributed by atoms with Gasteiger partial charge in [-0.05, 0) is 55.0 Å². The van der Waals surface area contributed by atoms with Crippen LogP contribution in [0.1, 0.15) is 60.6 Å². The van der Waals surface area contributed by atoms with Gasteiger partial charge in [-0.25, -0.2) is 4.79 Å². The molecule has 2 heterocycles. The summed E-state index contributed by atoms with van der Waals surface area (Å²) in [4.78, 5) is 41.4. The van der Waals surface area contributed by atoms with E-state index in [0.29, 0.717) is 12.3 Å². The van der Waals surface area contributed by atoms with E-state index in [-0.39, 0.29) is 24.4 Å². The zero-order chi connectivity index (χ0) is 21.4. The van der Waals surface area contributed by atoms with Gasteiger partial charge in [0.1, 0.15) is 12.1 Å². The van der Waals surface area contributed by atoms with Gasteiger partial charge < -0.3 is 10.6 Å². The van der Waals surface area contributed by atoms with Gasteiger partial charge in [-0.15, -0.1) is 11.3 Å². The van der Waals surface area contributed by atoms with E-state index in [1.807, 2.05) is 41.8 Å². The Balaban J connectivity index is 1.33. The highest BCUT2D eigenvalue weighted by Gasteiger charge is 2.54. The molecule has 2 aromatic rings. The minimum Gasteiger partial charge on any atom is -0.347 e. The molecule has 3 aliphatic rings. The third kappa shape index (κ3) is 3.55. The number of fused-ring (bicyclic) bond motifs is 2. The molecule has 1 saturated heterocycles.